The van der Waals surface area contributed by atoms with Crippen LogP contribution in [0, 0.1) is 17.8 Å². The maximum atomic E-state index is 14.3. The van der Waals surface area contributed by atoms with Gasteiger partial charge in [-0.1, -0.05) is 80.6 Å². The van der Waals surface area contributed by atoms with Crippen LogP contribution in [-0.4, -0.2) is 93.5 Å². The van der Waals surface area contributed by atoms with Gasteiger partial charge in [-0.3, -0.25) is 14.4 Å². The van der Waals surface area contributed by atoms with Crippen LogP contribution in [0.4, 0.5) is 4.79 Å². The molecule has 3 fully saturated rings. The maximum Gasteiger partial charge on any atom is 0.407 e. The summed E-state index contributed by atoms with van der Waals surface area (Å²) < 4.78 is 10.4. The third-order valence-electron chi connectivity index (χ3n) is 13.6. The number of aromatic nitrogens is 4. The van der Waals surface area contributed by atoms with Crippen molar-refractivity contribution in [1.29, 1.82) is 0 Å². The number of H-pyrrole nitrogens is 2. The number of carbonyl (C=O) groups is 4. The average Bonchev–Trinajstić information content (AvgIpc) is 3.65. The van der Waals surface area contributed by atoms with Crippen LogP contribution in [0.3, 0.4) is 0 Å². The summed E-state index contributed by atoms with van der Waals surface area (Å²) in [6.07, 6.45) is 3.39. The van der Waals surface area contributed by atoms with E-state index in [1.165, 1.54) is 7.11 Å². The first kappa shape index (κ1) is 42.2. The molecule has 10 rings (SSSR count). The van der Waals surface area contributed by atoms with Crippen LogP contribution in [0.1, 0.15) is 81.3 Å². The Morgan fingerprint density at radius 3 is 1.95 bits per heavy atom. The lowest BCUT2D eigenvalue weighted by molar-refractivity contribution is -0.138. The number of benzene rings is 5. The third-order valence-corrected chi connectivity index (χ3v) is 13.6. The Labute approximate surface area is 376 Å². The highest BCUT2D eigenvalue weighted by molar-refractivity contribution is 6.07. The molecule has 5 aromatic carbocycles. The van der Waals surface area contributed by atoms with Crippen molar-refractivity contribution in [2.45, 2.75) is 70.1 Å². The van der Waals surface area contributed by atoms with Crippen LogP contribution >= 0.6 is 0 Å². The number of hydrogen-bond donors (Lipinski definition) is 4. The summed E-state index contributed by atoms with van der Waals surface area (Å²) >= 11 is 0. The van der Waals surface area contributed by atoms with Gasteiger partial charge in [-0.2, -0.15) is 0 Å². The van der Waals surface area contributed by atoms with Crippen molar-refractivity contribution in [3.05, 3.63) is 108 Å². The number of hydrogen-bond acceptors (Lipinski definition) is 8. The van der Waals surface area contributed by atoms with Crippen LogP contribution in [0.2, 0.25) is 0 Å². The SMILES string of the molecule is COC[C@H]1C[C@@H](c2nc3c(ccc4cc(-c5ccc6c(ccc7[nH]c([C@@H]8CCCN8C(=O)[C@H](NC(=O)C8CC8)c8ccccc8)nc76)c5)ccc43)[nH]2)N(C(=O)[C@@H](NC(=O)OC)C(C)C)C1. The van der Waals surface area contributed by atoms with Crippen molar-refractivity contribution in [3.8, 4) is 11.1 Å². The molecule has 0 unspecified atom stereocenters. The highest BCUT2D eigenvalue weighted by Gasteiger charge is 2.42. The van der Waals surface area contributed by atoms with Gasteiger partial charge >= 0.3 is 6.09 Å². The molecule has 2 saturated heterocycles. The van der Waals surface area contributed by atoms with E-state index in [1.54, 1.807) is 7.11 Å². The average molecular weight is 875 g/mol. The molecule has 4 N–H and O–H groups in total. The van der Waals surface area contributed by atoms with Gasteiger partial charge in [0.1, 0.15) is 23.7 Å². The minimum atomic E-state index is -0.750. The fourth-order valence-electron chi connectivity index (χ4n) is 10.00. The second-order valence-electron chi connectivity index (χ2n) is 18.3. The molecule has 1 saturated carbocycles. The fourth-order valence-corrected chi connectivity index (χ4v) is 10.00. The number of alkyl carbamates (subject to hydrolysis) is 1. The molecule has 334 valence electrons. The number of amides is 4. The normalized spacial score (nSPS) is 19.7. The summed E-state index contributed by atoms with van der Waals surface area (Å²) in [5.74, 6) is 1.06. The van der Waals surface area contributed by atoms with Gasteiger partial charge in [-0.25, -0.2) is 14.8 Å². The molecular weight excluding hydrogens is 821 g/mol. The molecule has 14 heteroatoms. The number of carbonyl (C=O) groups excluding carboxylic acids is 4. The number of likely N-dealkylation sites (tertiary alicyclic amines) is 2. The van der Waals surface area contributed by atoms with Crippen molar-refractivity contribution < 1.29 is 28.7 Å². The lowest BCUT2D eigenvalue weighted by Gasteiger charge is -2.30. The molecule has 2 aromatic heterocycles. The van der Waals surface area contributed by atoms with Crippen LogP contribution in [0.25, 0.3) is 54.7 Å². The van der Waals surface area contributed by atoms with Gasteiger partial charge < -0.3 is 39.9 Å². The van der Waals surface area contributed by atoms with Gasteiger partial charge in [-0.15, -0.1) is 0 Å². The standard InChI is InChI=1S/C51H54N8O6/c1-28(2)42(57-51(63)65-4)49(61)59-26-29(27-64-3)23-41(59)47-53-39-21-17-35-25-33(15-19-37(35)45(39)55-47)32-14-18-36-34(24-32)16-20-38-44(36)54-46(52-38)40-11-8-22-58(40)50(62)43(30-9-6-5-7-10-30)56-48(60)31-12-13-31/h5-7,9-10,14-21,24-25,28-29,31,40-43H,8,11-13,22-23,26-27H2,1-4H3,(H,52,54)(H,53,55)(H,56,60)(H,57,63)/t29-,40-,41-,42-,43+/m0/s1. The fraction of sp³-hybridized carbons (Fsp3) is 0.373. The van der Waals surface area contributed by atoms with Crippen molar-refractivity contribution in [2.75, 3.05) is 33.9 Å². The predicted molar refractivity (Wildman–Crippen MR) is 249 cm³/mol. The smallest absolute Gasteiger partial charge is 0.407 e. The number of ether oxygens (including phenoxy) is 2. The number of fused-ring (bicyclic) bond motifs is 6. The second-order valence-corrected chi connectivity index (χ2v) is 18.3. The molecule has 0 bridgehead atoms. The first-order chi connectivity index (χ1) is 31.6. The van der Waals surface area contributed by atoms with E-state index in [-0.39, 0.29) is 47.6 Å². The Hall–Kier alpha value is -6.80. The molecule has 65 heavy (non-hydrogen) atoms. The Morgan fingerprint density at radius 1 is 0.738 bits per heavy atom. The van der Waals surface area contributed by atoms with Gasteiger partial charge in [0, 0.05) is 42.8 Å². The number of rotatable bonds is 12. The van der Waals surface area contributed by atoms with Gasteiger partial charge in [-0.05, 0) is 89.8 Å². The predicted octanol–water partition coefficient (Wildman–Crippen LogP) is 8.26. The van der Waals surface area contributed by atoms with E-state index < -0.39 is 18.2 Å². The number of nitrogens with zero attached hydrogens (tertiary/aromatic N) is 4. The van der Waals surface area contributed by atoms with E-state index in [0.717, 1.165) is 91.8 Å². The topological polar surface area (TPSA) is 175 Å². The van der Waals surface area contributed by atoms with Crippen molar-refractivity contribution in [2.24, 2.45) is 17.8 Å². The molecule has 0 spiro atoms. The van der Waals surface area contributed by atoms with Gasteiger partial charge in [0.2, 0.25) is 17.7 Å². The molecule has 4 amide bonds. The van der Waals surface area contributed by atoms with E-state index in [0.29, 0.717) is 31.9 Å². The lowest BCUT2D eigenvalue weighted by atomic mass is 9.98. The molecule has 14 nitrogen and oxygen atoms in total. The van der Waals surface area contributed by atoms with E-state index in [2.05, 4.69) is 75.2 Å². The number of aromatic amines is 2. The number of methoxy groups -OCH3 is 2. The molecule has 3 aliphatic rings. The monoisotopic (exact) mass is 874 g/mol. The first-order valence-electron chi connectivity index (χ1n) is 22.7. The highest BCUT2D eigenvalue weighted by atomic mass is 16.5. The van der Waals surface area contributed by atoms with Crippen LogP contribution in [-0.2, 0) is 23.9 Å². The summed E-state index contributed by atoms with van der Waals surface area (Å²) in [6, 6.07) is 28.6. The van der Waals surface area contributed by atoms with E-state index in [9.17, 15) is 19.2 Å². The highest BCUT2D eigenvalue weighted by Crippen LogP contribution is 2.40. The van der Waals surface area contributed by atoms with Gasteiger partial charge in [0.05, 0.1) is 47.9 Å². The van der Waals surface area contributed by atoms with Crippen LogP contribution in [0.15, 0.2) is 91.0 Å². The largest absolute Gasteiger partial charge is 0.453 e. The second kappa shape index (κ2) is 17.3. The Kier molecular flexibility index (Phi) is 11.2. The number of nitrogens with one attached hydrogen (secondary N) is 4. The summed E-state index contributed by atoms with van der Waals surface area (Å²) in [5.41, 5.74) is 6.38. The van der Waals surface area contributed by atoms with Crippen molar-refractivity contribution >= 4 is 67.4 Å². The zero-order valence-corrected chi connectivity index (χ0v) is 37.1. The maximum absolute atomic E-state index is 14.3. The van der Waals surface area contributed by atoms with E-state index in [1.807, 2.05) is 60.0 Å². The lowest BCUT2D eigenvalue weighted by Crippen LogP contribution is -2.51. The Balaban J connectivity index is 0.911. The minimum absolute atomic E-state index is 0.00984. The molecule has 2 aliphatic heterocycles. The van der Waals surface area contributed by atoms with Crippen LogP contribution < -0.4 is 10.6 Å². The number of imidazole rings is 2. The zero-order chi connectivity index (χ0) is 44.9. The summed E-state index contributed by atoms with van der Waals surface area (Å²) in [4.78, 5) is 74.6. The van der Waals surface area contributed by atoms with E-state index in [4.69, 9.17) is 19.4 Å². The summed E-state index contributed by atoms with van der Waals surface area (Å²) in [5, 5.41) is 9.91. The Morgan fingerprint density at radius 2 is 1.37 bits per heavy atom. The van der Waals surface area contributed by atoms with Gasteiger partial charge in [0.15, 0.2) is 0 Å². The molecule has 1 aliphatic carbocycles. The van der Waals surface area contributed by atoms with Gasteiger partial charge in [0.25, 0.3) is 0 Å². The minimum Gasteiger partial charge on any atom is -0.453 e. The molecule has 5 atom stereocenters. The Bertz CT molecular complexity index is 2960. The third kappa shape index (κ3) is 8.04. The van der Waals surface area contributed by atoms with Crippen molar-refractivity contribution in [1.82, 2.24) is 40.4 Å². The zero-order valence-electron chi connectivity index (χ0n) is 37.1. The van der Waals surface area contributed by atoms with Crippen molar-refractivity contribution in [3.63, 3.8) is 0 Å². The summed E-state index contributed by atoms with van der Waals surface area (Å²) in [7, 11) is 2.96. The van der Waals surface area contributed by atoms with E-state index >= 15 is 0 Å². The molecule has 0 radical (unpaired) electrons. The quantitative estimate of drug-likeness (QED) is 0.0950. The summed E-state index contributed by atoms with van der Waals surface area (Å²) in [6.45, 7) is 5.40. The van der Waals surface area contributed by atoms with Crippen LogP contribution in [0.5, 0.6) is 0 Å². The molecule has 4 heterocycles. The molecule has 7 aromatic rings. The molecular formula is C51H54N8O6. The first-order valence-corrected chi connectivity index (χ1v) is 22.7.